The molecule has 0 spiro atoms. The molecule has 4 aromatic rings. The lowest BCUT2D eigenvalue weighted by Gasteiger charge is -2.01. The third kappa shape index (κ3) is 2.38. The Morgan fingerprint density at radius 2 is 2.12 bits per heavy atom. The molecule has 9 heteroatoms. The minimum absolute atomic E-state index is 0.110. The van der Waals surface area contributed by atoms with Gasteiger partial charge in [-0.1, -0.05) is 5.16 Å². The van der Waals surface area contributed by atoms with Gasteiger partial charge in [-0.2, -0.15) is 4.98 Å². The van der Waals surface area contributed by atoms with Gasteiger partial charge in [0.1, 0.15) is 17.1 Å². The van der Waals surface area contributed by atoms with Gasteiger partial charge < -0.3 is 4.52 Å². The first-order chi connectivity index (χ1) is 11.6. The fourth-order valence-corrected chi connectivity index (χ4v) is 3.35. The topological polar surface area (TPSA) is 99.6 Å². The second-order valence-electron chi connectivity index (χ2n) is 5.24. The van der Waals surface area contributed by atoms with Crippen molar-refractivity contribution in [2.75, 3.05) is 0 Å². The van der Waals surface area contributed by atoms with Crippen LogP contribution in [0.2, 0.25) is 0 Å². The number of hydrogen-bond donors (Lipinski definition) is 0. The lowest BCUT2D eigenvalue weighted by atomic mass is 10.2. The Hall–Kier alpha value is -2.94. The Kier molecular flexibility index (Phi) is 3.42. The highest BCUT2D eigenvalue weighted by Crippen LogP contribution is 2.25. The normalized spacial score (nSPS) is 11.2. The van der Waals surface area contributed by atoms with Gasteiger partial charge in [0.2, 0.25) is 11.7 Å². The van der Waals surface area contributed by atoms with E-state index >= 15 is 0 Å². The van der Waals surface area contributed by atoms with Gasteiger partial charge in [0.25, 0.3) is 5.56 Å². The summed E-state index contributed by atoms with van der Waals surface area (Å²) < 4.78 is 6.68. The van der Waals surface area contributed by atoms with Crippen LogP contribution in [0, 0.1) is 13.8 Å². The number of aromatic nitrogens is 6. The highest BCUT2D eigenvalue weighted by molar-refractivity contribution is 7.18. The lowest BCUT2D eigenvalue weighted by Crippen LogP contribution is -2.21. The van der Waals surface area contributed by atoms with Gasteiger partial charge in [-0.3, -0.25) is 14.3 Å². The van der Waals surface area contributed by atoms with Crippen LogP contribution < -0.4 is 5.56 Å². The molecule has 0 unspecified atom stereocenters. The van der Waals surface area contributed by atoms with Gasteiger partial charge in [-0.05, 0) is 19.4 Å². The summed E-state index contributed by atoms with van der Waals surface area (Å²) in [5.74, 6) is 0.645. The molecule has 0 atom stereocenters. The molecule has 0 N–H and O–H groups in total. The fourth-order valence-electron chi connectivity index (χ4n) is 2.37. The third-order valence-corrected chi connectivity index (χ3v) is 4.84. The van der Waals surface area contributed by atoms with Crippen LogP contribution in [0.3, 0.4) is 0 Å². The monoisotopic (exact) mass is 340 g/mol. The zero-order valence-corrected chi connectivity index (χ0v) is 13.7. The quantitative estimate of drug-likeness (QED) is 0.562. The highest BCUT2D eigenvalue weighted by Gasteiger charge is 2.15. The van der Waals surface area contributed by atoms with Crippen LogP contribution in [0.4, 0.5) is 0 Å². The molecule has 0 amide bonds. The van der Waals surface area contributed by atoms with Crippen molar-refractivity contribution < 1.29 is 4.52 Å². The van der Waals surface area contributed by atoms with Crippen molar-refractivity contribution in [3.8, 4) is 11.5 Å². The van der Waals surface area contributed by atoms with Gasteiger partial charge in [-0.15, -0.1) is 11.3 Å². The third-order valence-electron chi connectivity index (χ3n) is 3.72. The maximum absolute atomic E-state index is 12.7. The molecule has 8 nitrogen and oxygen atoms in total. The minimum atomic E-state index is -0.110. The number of nitrogens with zero attached hydrogens (tertiary/aromatic N) is 6. The van der Waals surface area contributed by atoms with Crippen LogP contribution in [0.15, 0.2) is 34.2 Å². The first-order valence-corrected chi connectivity index (χ1v) is 7.99. The summed E-state index contributed by atoms with van der Waals surface area (Å²) in [5.41, 5.74) is 1.37. The average Bonchev–Trinajstić information content (AvgIpc) is 3.17. The van der Waals surface area contributed by atoms with Crippen molar-refractivity contribution in [2.24, 2.45) is 0 Å². The van der Waals surface area contributed by atoms with E-state index in [1.807, 2.05) is 13.8 Å². The Labute approximate surface area is 139 Å². The summed E-state index contributed by atoms with van der Waals surface area (Å²) in [5, 5.41) is 4.52. The van der Waals surface area contributed by atoms with Gasteiger partial charge in [0.15, 0.2) is 0 Å². The summed E-state index contributed by atoms with van der Waals surface area (Å²) in [6, 6.07) is 0. The maximum Gasteiger partial charge on any atom is 0.262 e. The molecule has 0 saturated carbocycles. The first kappa shape index (κ1) is 14.6. The number of hydrogen-bond acceptors (Lipinski definition) is 8. The van der Waals surface area contributed by atoms with Crippen LogP contribution in [-0.4, -0.2) is 29.7 Å². The summed E-state index contributed by atoms with van der Waals surface area (Å²) in [7, 11) is 0. The standard InChI is InChI=1S/C15H12N6O2S/c1-8-9(2)24-14-12(8)15(22)21(7-18-14)6-11-19-13(20-23-11)10-5-16-3-4-17-10/h3-5,7H,6H2,1-2H3. The van der Waals surface area contributed by atoms with Gasteiger partial charge in [0, 0.05) is 17.3 Å². The van der Waals surface area contributed by atoms with Crippen molar-refractivity contribution in [2.45, 2.75) is 20.4 Å². The van der Waals surface area contributed by atoms with Crippen LogP contribution >= 0.6 is 11.3 Å². The van der Waals surface area contributed by atoms with E-state index in [-0.39, 0.29) is 12.1 Å². The van der Waals surface area contributed by atoms with E-state index in [2.05, 4.69) is 25.1 Å². The number of rotatable bonds is 3. The maximum atomic E-state index is 12.7. The fraction of sp³-hybridized carbons (Fsp3) is 0.200. The molecule has 0 aliphatic carbocycles. The van der Waals surface area contributed by atoms with Crippen molar-refractivity contribution >= 4 is 21.6 Å². The SMILES string of the molecule is Cc1sc2ncn(Cc3nc(-c4cnccn4)no3)c(=O)c2c1C. The molecular weight excluding hydrogens is 328 g/mol. The van der Waals surface area contributed by atoms with E-state index in [9.17, 15) is 4.79 Å². The Morgan fingerprint density at radius 3 is 2.92 bits per heavy atom. The van der Waals surface area contributed by atoms with E-state index < -0.39 is 0 Å². The molecule has 120 valence electrons. The van der Waals surface area contributed by atoms with E-state index in [4.69, 9.17) is 4.52 Å². The Balaban J connectivity index is 1.70. The van der Waals surface area contributed by atoms with Crippen LogP contribution in [-0.2, 0) is 6.54 Å². The van der Waals surface area contributed by atoms with Crippen molar-refractivity contribution in [1.29, 1.82) is 0 Å². The molecule has 0 aliphatic rings. The molecule has 4 heterocycles. The molecular formula is C15H12N6O2S. The van der Waals surface area contributed by atoms with Gasteiger partial charge in [0.05, 0.1) is 17.9 Å². The van der Waals surface area contributed by atoms with Crippen molar-refractivity contribution in [3.63, 3.8) is 0 Å². The molecule has 0 saturated heterocycles. The smallest absolute Gasteiger partial charge is 0.262 e. The van der Waals surface area contributed by atoms with Crippen LogP contribution in [0.25, 0.3) is 21.7 Å². The Bertz CT molecular complexity index is 1080. The molecule has 0 fully saturated rings. The minimum Gasteiger partial charge on any atom is -0.337 e. The first-order valence-electron chi connectivity index (χ1n) is 7.17. The molecule has 4 rings (SSSR count). The van der Waals surface area contributed by atoms with Crippen molar-refractivity contribution in [1.82, 2.24) is 29.7 Å². The number of aryl methyl sites for hydroxylation is 2. The molecule has 0 aliphatic heterocycles. The number of fused-ring (bicyclic) bond motifs is 1. The second-order valence-corrected chi connectivity index (χ2v) is 6.45. The number of thiophene rings is 1. The van der Waals surface area contributed by atoms with Gasteiger partial charge >= 0.3 is 0 Å². The summed E-state index contributed by atoms with van der Waals surface area (Å²) >= 11 is 1.52. The summed E-state index contributed by atoms with van der Waals surface area (Å²) in [6.07, 6.45) is 6.17. The van der Waals surface area contributed by atoms with E-state index in [0.29, 0.717) is 22.8 Å². The summed E-state index contributed by atoms with van der Waals surface area (Å²) in [4.78, 5) is 31.2. The predicted octanol–water partition coefficient (Wildman–Crippen LogP) is 1.96. The molecule has 0 bridgehead atoms. The predicted molar refractivity (Wildman–Crippen MR) is 87.8 cm³/mol. The van der Waals surface area contributed by atoms with Gasteiger partial charge in [-0.25, -0.2) is 9.97 Å². The molecule has 4 aromatic heterocycles. The Morgan fingerprint density at radius 1 is 1.25 bits per heavy atom. The second kappa shape index (κ2) is 5.60. The lowest BCUT2D eigenvalue weighted by molar-refractivity contribution is 0.369. The van der Waals surface area contributed by atoms with E-state index in [1.54, 1.807) is 18.6 Å². The molecule has 24 heavy (non-hydrogen) atoms. The highest BCUT2D eigenvalue weighted by atomic mass is 32.1. The zero-order valence-electron chi connectivity index (χ0n) is 12.9. The zero-order chi connectivity index (χ0) is 16.7. The van der Waals surface area contributed by atoms with Crippen LogP contribution in [0.1, 0.15) is 16.3 Å². The van der Waals surface area contributed by atoms with E-state index in [0.717, 1.165) is 15.3 Å². The average molecular weight is 340 g/mol. The molecule has 0 radical (unpaired) electrons. The molecule has 0 aromatic carbocycles. The van der Waals surface area contributed by atoms with E-state index in [1.165, 1.54) is 22.2 Å². The van der Waals surface area contributed by atoms with Crippen molar-refractivity contribution in [3.05, 3.63) is 51.6 Å². The summed E-state index contributed by atoms with van der Waals surface area (Å²) in [6.45, 7) is 4.07. The van der Waals surface area contributed by atoms with Crippen LogP contribution in [0.5, 0.6) is 0 Å². The largest absolute Gasteiger partial charge is 0.337 e.